The van der Waals surface area contributed by atoms with Gasteiger partial charge in [0.15, 0.2) is 5.43 Å². The summed E-state index contributed by atoms with van der Waals surface area (Å²) >= 11 is 0. The van der Waals surface area contributed by atoms with Gasteiger partial charge in [-0.05, 0) is 37.1 Å². The van der Waals surface area contributed by atoms with Gasteiger partial charge in [-0.2, -0.15) is 0 Å². The second-order valence-corrected chi connectivity index (χ2v) is 7.43. The molecule has 1 aliphatic rings. The molecule has 28 heavy (non-hydrogen) atoms. The highest BCUT2D eigenvalue weighted by Gasteiger charge is 2.35. The van der Waals surface area contributed by atoms with Gasteiger partial charge in [0.05, 0.1) is 11.0 Å². The van der Waals surface area contributed by atoms with E-state index in [-0.39, 0.29) is 23.8 Å². The fourth-order valence-corrected chi connectivity index (χ4v) is 4.09. The normalized spacial score (nSPS) is 16.6. The maximum absolute atomic E-state index is 13.2. The quantitative estimate of drug-likeness (QED) is 0.658. The number of hydrogen-bond acceptors (Lipinski definition) is 3. The number of benzene rings is 2. The van der Waals surface area contributed by atoms with E-state index in [0.29, 0.717) is 23.7 Å². The standard InChI is InChI=1S/C22H23N3O3/c1-23(2)22(28)19-12-7-13-24(19)20(26)14-25-17-10-5-3-8-15(17)21(27)16-9-4-6-11-18(16)25/h3-6,8-11,19H,7,12-14H2,1-2H3. The summed E-state index contributed by atoms with van der Waals surface area (Å²) in [6.07, 6.45) is 1.51. The fraction of sp³-hybridized carbons (Fsp3) is 0.318. The first kappa shape index (κ1) is 18.2. The summed E-state index contributed by atoms with van der Waals surface area (Å²) in [5.41, 5.74) is 1.43. The summed E-state index contributed by atoms with van der Waals surface area (Å²) < 4.78 is 1.89. The molecule has 0 radical (unpaired) electrons. The molecule has 2 aromatic carbocycles. The number of likely N-dealkylation sites (tertiary alicyclic amines) is 1. The van der Waals surface area contributed by atoms with Crippen LogP contribution in [-0.2, 0) is 16.1 Å². The van der Waals surface area contributed by atoms with Crippen molar-refractivity contribution in [2.75, 3.05) is 20.6 Å². The number of nitrogens with zero attached hydrogens (tertiary/aromatic N) is 3. The topological polar surface area (TPSA) is 62.6 Å². The van der Waals surface area contributed by atoms with Crippen LogP contribution in [0, 0.1) is 0 Å². The van der Waals surface area contributed by atoms with Crippen molar-refractivity contribution in [1.29, 1.82) is 0 Å². The zero-order valence-corrected chi connectivity index (χ0v) is 16.1. The largest absolute Gasteiger partial charge is 0.347 e. The van der Waals surface area contributed by atoms with Gasteiger partial charge in [0.2, 0.25) is 11.8 Å². The third kappa shape index (κ3) is 2.95. The Hall–Kier alpha value is -3.15. The number of fused-ring (bicyclic) bond motifs is 2. The van der Waals surface area contributed by atoms with Crippen molar-refractivity contribution in [3.63, 3.8) is 0 Å². The smallest absolute Gasteiger partial charge is 0.244 e. The molecule has 6 heteroatoms. The van der Waals surface area contributed by atoms with Crippen LogP contribution in [0.15, 0.2) is 53.3 Å². The van der Waals surface area contributed by atoms with Crippen molar-refractivity contribution in [2.24, 2.45) is 0 Å². The number of rotatable bonds is 3. The fourth-order valence-electron chi connectivity index (χ4n) is 4.09. The lowest BCUT2D eigenvalue weighted by Crippen LogP contribution is -2.46. The highest BCUT2D eigenvalue weighted by atomic mass is 16.2. The number of para-hydroxylation sites is 2. The average molecular weight is 377 g/mol. The molecule has 4 rings (SSSR count). The summed E-state index contributed by atoms with van der Waals surface area (Å²) in [7, 11) is 3.43. The molecule has 144 valence electrons. The van der Waals surface area contributed by atoms with Gasteiger partial charge in [-0.25, -0.2) is 0 Å². The SMILES string of the molecule is CN(C)C(=O)C1CCCN1C(=O)Cn1c2ccccc2c(=O)c2ccccc21. The number of pyridine rings is 1. The molecule has 0 spiro atoms. The van der Waals surface area contributed by atoms with E-state index < -0.39 is 6.04 Å². The van der Waals surface area contributed by atoms with Crippen molar-refractivity contribution in [3.8, 4) is 0 Å². The van der Waals surface area contributed by atoms with Crippen molar-refractivity contribution >= 4 is 33.6 Å². The molecule has 0 bridgehead atoms. The second-order valence-electron chi connectivity index (χ2n) is 7.43. The van der Waals surface area contributed by atoms with E-state index in [4.69, 9.17) is 0 Å². The number of amides is 2. The lowest BCUT2D eigenvalue weighted by molar-refractivity contribution is -0.142. The van der Waals surface area contributed by atoms with Crippen molar-refractivity contribution < 1.29 is 9.59 Å². The van der Waals surface area contributed by atoms with Gasteiger partial charge in [0.1, 0.15) is 12.6 Å². The van der Waals surface area contributed by atoms with Crippen LogP contribution in [0.25, 0.3) is 21.8 Å². The van der Waals surface area contributed by atoms with Gasteiger partial charge in [-0.15, -0.1) is 0 Å². The van der Waals surface area contributed by atoms with E-state index in [1.807, 2.05) is 41.0 Å². The molecule has 1 atom stereocenters. The van der Waals surface area contributed by atoms with Gasteiger partial charge >= 0.3 is 0 Å². The summed E-state index contributed by atoms with van der Waals surface area (Å²) in [5.74, 6) is -0.142. The Morgan fingerprint density at radius 2 is 1.57 bits per heavy atom. The molecule has 0 N–H and O–H groups in total. The van der Waals surface area contributed by atoms with Crippen LogP contribution in [0.5, 0.6) is 0 Å². The Kier molecular flexibility index (Phi) is 4.63. The van der Waals surface area contributed by atoms with Crippen LogP contribution in [0.1, 0.15) is 12.8 Å². The van der Waals surface area contributed by atoms with Gasteiger partial charge in [0, 0.05) is 31.4 Å². The molecule has 6 nitrogen and oxygen atoms in total. The van der Waals surface area contributed by atoms with Gasteiger partial charge in [0.25, 0.3) is 0 Å². The second kappa shape index (κ2) is 7.11. The molecule has 1 aromatic heterocycles. The van der Waals surface area contributed by atoms with E-state index in [1.165, 1.54) is 0 Å². The van der Waals surface area contributed by atoms with Gasteiger partial charge in [-0.3, -0.25) is 14.4 Å². The minimum absolute atomic E-state index is 0.0308. The average Bonchev–Trinajstić information content (AvgIpc) is 3.20. The summed E-state index contributed by atoms with van der Waals surface area (Å²) in [6.45, 7) is 0.678. The number of carbonyl (C=O) groups excluding carboxylic acids is 2. The number of likely N-dealkylation sites (N-methyl/N-ethyl adjacent to an activating group) is 1. The number of carbonyl (C=O) groups is 2. The Labute approximate surface area is 163 Å². The molecule has 0 aliphatic carbocycles. The predicted octanol–water partition coefficient (Wildman–Crippen LogP) is 2.23. The van der Waals surface area contributed by atoms with E-state index in [2.05, 4.69) is 0 Å². The first-order valence-corrected chi connectivity index (χ1v) is 9.50. The Morgan fingerprint density at radius 1 is 1.00 bits per heavy atom. The zero-order chi connectivity index (χ0) is 19.8. The minimum atomic E-state index is -0.403. The van der Waals surface area contributed by atoms with E-state index in [9.17, 15) is 14.4 Å². The van der Waals surface area contributed by atoms with Crippen LogP contribution in [0.2, 0.25) is 0 Å². The predicted molar refractivity (Wildman–Crippen MR) is 109 cm³/mol. The lowest BCUT2D eigenvalue weighted by atomic mass is 10.1. The highest BCUT2D eigenvalue weighted by molar-refractivity contribution is 5.95. The third-order valence-corrected chi connectivity index (χ3v) is 5.47. The maximum Gasteiger partial charge on any atom is 0.244 e. The molecule has 2 amide bonds. The lowest BCUT2D eigenvalue weighted by Gasteiger charge is -2.27. The van der Waals surface area contributed by atoms with E-state index in [1.54, 1.807) is 36.0 Å². The van der Waals surface area contributed by atoms with Crippen molar-refractivity contribution in [2.45, 2.75) is 25.4 Å². The minimum Gasteiger partial charge on any atom is -0.347 e. The Balaban J connectivity index is 1.79. The maximum atomic E-state index is 13.2. The highest BCUT2D eigenvalue weighted by Crippen LogP contribution is 2.22. The number of hydrogen-bond donors (Lipinski definition) is 0. The van der Waals surface area contributed by atoms with Crippen LogP contribution < -0.4 is 5.43 Å². The van der Waals surface area contributed by atoms with Crippen LogP contribution in [0.3, 0.4) is 0 Å². The molecule has 2 heterocycles. The first-order valence-electron chi connectivity index (χ1n) is 9.50. The zero-order valence-electron chi connectivity index (χ0n) is 16.1. The van der Waals surface area contributed by atoms with Crippen LogP contribution in [0.4, 0.5) is 0 Å². The first-order chi connectivity index (χ1) is 13.5. The molecule has 3 aromatic rings. The summed E-state index contributed by atoms with van der Waals surface area (Å²) in [6, 6.07) is 14.3. The molecular formula is C22H23N3O3. The summed E-state index contributed by atoms with van der Waals surface area (Å²) in [5, 5.41) is 1.19. The van der Waals surface area contributed by atoms with Crippen LogP contribution in [-0.4, -0.2) is 52.9 Å². The Bertz CT molecular complexity index is 1070. The monoisotopic (exact) mass is 377 g/mol. The number of aromatic nitrogens is 1. The Morgan fingerprint density at radius 3 is 2.14 bits per heavy atom. The molecule has 1 unspecified atom stereocenters. The molecule has 0 saturated carbocycles. The van der Waals surface area contributed by atoms with E-state index in [0.717, 1.165) is 17.5 Å². The third-order valence-electron chi connectivity index (χ3n) is 5.47. The molecule has 1 saturated heterocycles. The van der Waals surface area contributed by atoms with Gasteiger partial charge in [-0.1, -0.05) is 24.3 Å². The van der Waals surface area contributed by atoms with Crippen molar-refractivity contribution in [1.82, 2.24) is 14.4 Å². The molecular weight excluding hydrogens is 354 g/mol. The van der Waals surface area contributed by atoms with Crippen LogP contribution >= 0.6 is 0 Å². The summed E-state index contributed by atoms with van der Waals surface area (Å²) in [4.78, 5) is 41.7. The molecule has 1 fully saturated rings. The van der Waals surface area contributed by atoms with Gasteiger partial charge < -0.3 is 14.4 Å². The van der Waals surface area contributed by atoms with E-state index >= 15 is 0 Å². The molecule has 1 aliphatic heterocycles. The van der Waals surface area contributed by atoms with Crippen molar-refractivity contribution in [3.05, 3.63) is 58.8 Å².